The first-order valence-electron chi connectivity index (χ1n) is 9.69. The van der Waals surface area contributed by atoms with E-state index in [1.165, 1.54) is 46.5 Å². The molecule has 0 atom stereocenters. The number of carboxylic acid groups (broad SMARTS) is 1. The molecule has 4 aromatic rings. The van der Waals surface area contributed by atoms with Gasteiger partial charge in [0, 0.05) is 24.5 Å². The zero-order chi connectivity index (χ0) is 23.1. The van der Waals surface area contributed by atoms with Crippen LogP contribution in [0.2, 0.25) is 0 Å². The summed E-state index contributed by atoms with van der Waals surface area (Å²) in [6.07, 6.45) is 5.55. The van der Waals surface area contributed by atoms with Crippen molar-refractivity contribution in [2.75, 3.05) is 0 Å². The molecule has 0 unspecified atom stereocenters. The molecule has 4 rings (SSSR count). The maximum Gasteiger partial charge on any atom is 0.335 e. The molecular weight excluding hydrogens is 406 g/mol. The Hall–Kier alpha value is -4.51. The molecule has 32 heavy (non-hydrogen) atoms. The second-order valence-electron chi connectivity index (χ2n) is 7.10. The summed E-state index contributed by atoms with van der Waals surface area (Å²) in [6, 6.07) is 15.6. The van der Waals surface area contributed by atoms with E-state index < -0.39 is 5.97 Å². The number of hydrogen-bond acceptors (Lipinski definition) is 6. The van der Waals surface area contributed by atoms with Crippen LogP contribution in [0.1, 0.15) is 32.6 Å². The van der Waals surface area contributed by atoms with Gasteiger partial charge in [-0.3, -0.25) is 4.98 Å². The van der Waals surface area contributed by atoms with Gasteiger partial charge < -0.3 is 14.9 Å². The number of aromatic nitrogens is 3. The minimum atomic E-state index is -1.05. The second kappa shape index (κ2) is 10.00. The third kappa shape index (κ3) is 5.15. The number of aromatic carboxylic acids is 1. The molecule has 2 heterocycles. The van der Waals surface area contributed by atoms with Crippen molar-refractivity contribution in [3.05, 3.63) is 95.1 Å². The highest BCUT2D eigenvalue weighted by Gasteiger charge is 2.06. The molecule has 0 aliphatic heterocycles. The van der Waals surface area contributed by atoms with Gasteiger partial charge in [0.05, 0.1) is 22.9 Å². The SMILES string of the molecule is Cc1cc2ncn(Cc3ccncc3)c2cc1C.N#C/C(=N\O)c1ccc(C(=O)O)cc1. The van der Waals surface area contributed by atoms with Crippen molar-refractivity contribution in [2.24, 2.45) is 5.16 Å². The van der Waals surface area contributed by atoms with Gasteiger partial charge in [0.2, 0.25) is 0 Å². The summed E-state index contributed by atoms with van der Waals surface area (Å²) in [7, 11) is 0. The molecule has 0 radical (unpaired) electrons. The van der Waals surface area contributed by atoms with E-state index in [0.29, 0.717) is 5.56 Å². The first-order valence-corrected chi connectivity index (χ1v) is 9.69. The van der Waals surface area contributed by atoms with Gasteiger partial charge in [-0.25, -0.2) is 9.78 Å². The number of carboxylic acids is 1. The number of carbonyl (C=O) groups is 1. The van der Waals surface area contributed by atoms with Crippen LogP contribution in [-0.4, -0.2) is 36.5 Å². The molecule has 0 aliphatic rings. The van der Waals surface area contributed by atoms with Crippen molar-refractivity contribution < 1.29 is 15.1 Å². The molecule has 8 nitrogen and oxygen atoms in total. The molecule has 0 fully saturated rings. The maximum absolute atomic E-state index is 10.5. The van der Waals surface area contributed by atoms with Crippen LogP contribution in [0.4, 0.5) is 0 Å². The Kier molecular flexibility index (Phi) is 6.93. The second-order valence-corrected chi connectivity index (χ2v) is 7.10. The minimum Gasteiger partial charge on any atom is -0.478 e. The predicted octanol–water partition coefficient (Wildman–Crippen LogP) is 4.18. The van der Waals surface area contributed by atoms with E-state index in [0.717, 1.165) is 12.1 Å². The maximum atomic E-state index is 10.5. The number of pyridine rings is 1. The monoisotopic (exact) mass is 427 g/mol. The van der Waals surface area contributed by atoms with Crippen LogP contribution in [0, 0.1) is 25.2 Å². The number of nitriles is 1. The van der Waals surface area contributed by atoms with E-state index in [1.807, 2.05) is 30.9 Å². The van der Waals surface area contributed by atoms with Gasteiger partial charge in [0.25, 0.3) is 0 Å². The Morgan fingerprint density at radius 1 is 1.06 bits per heavy atom. The zero-order valence-corrected chi connectivity index (χ0v) is 17.6. The highest BCUT2D eigenvalue weighted by molar-refractivity contribution is 6.11. The summed E-state index contributed by atoms with van der Waals surface area (Å²) in [5.41, 5.74) is 6.42. The summed E-state index contributed by atoms with van der Waals surface area (Å²) in [4.78, 5) is 19.0. The van der Waals surface area contributed by atoms with E-state index >= 15 is 0 Å². The van der Waals surface area contributed by atoms with Crippen LogP contribution >= 0.6 is 0 Å². The average molecular weight is 427 g/mol. The van der Waals surface area contributed by atoms with E-state index in [-0.39, 0.29) is 11.3 Å². The highest BCUT2D eigenvalue weighted by Crippen LogP contribution is 2.19. The Morgan fingerprint density at radius 3 is 2.28 bits per heavy atom. The van der Waals surface area contributed by atoms with E-state index in [4.69, 9.17) is 15.6 Å². The van der Waals surface area contributed by atoms with Crippen molar-refractivity contribution in [3.63, 3.8) is 0 Å². The molecule has 0 spiro atoms. The first-order chi connectivity index (χ1) is 15.4. The number of benzene rings is 2. The quantitative estimate of drug-likeness (QED) is 0.286. The smallest absolute Gasteiger partial charge is 0.335 e. The molecule has 8 heteroatoms. The van der Waals surface area contributed by atoms with Crippen LogP contribution < -0.4 is 0 Å². The molecule has 0 bridgehead atoms. The molecule has 0 amide bonds. The lowest BCUT2D eigenvalue weighted by Gasteiger charge is -2.06. The number of oxime groups is 1. The van der Waals surface area contributed by atoms with Gasteiger partial charge in [-0.05, 0) is 66.9 Å². The van der Waals surface area contributed by atoms with Crippen molar-refractivity contribution in [1.29, 1.82) is 5.26 Å². The van der Waals surface area contributed by atoms with Crippen molar-refractivity contribution in [2.45, 2.75) is 20.4 Å². The lowest BCUT2D eigenvalue weighted by Crippen LogP contribution is -2.00. The van der Waals surface area contributed by atoms with Crippen LogP contribution in [0.15, 0.2) is 72.4 Å². The van der Waals surface area contributed by atoms with Gasteiger partial charge in [-0.2, -0.15) is 5.26 Å². The van der Waals surface area contributed by atoms with Gasteiger partial charge in [0.1, 0.15) is 6.07 Å². The predicted molar refractivity (Wildman–Crippen MR) is 120 cm³/mol. The summed E-state index contributed by atoms with van der Waals surface area (Å²) >= 11 is 0. The molecule has 160 valence electrons. The summed E-state index contributed by atoms with van der Waals surface area (Å²) < 4.78 is 2.18. The number of nitrogens with zero attached hydrogens (tertiary/aromatic N) is 5. The van der Waals surface area contributed by atoms with Crippen molar-refractivity contribution in [1.82, 2.24) is 14.5 Å². The standard InChI is InChI=1S/C15H15N3.C9H6N2O3/c1-11-7-14-15(8-12(11)2)18(10-17-14)9-13-3-5-16-6-4-13;10-5-8(11-14)6-1-3-7(4-2-6)9(12)13/h3-8,10H,9H2,1-2H3;1-4,14H,(H,12,13)/b;11-8+. The average Bonchev–Trinajstić information content (AvgIpc) is 3.17. The molecule has 0 aliphatic carbocycles. The van der Waals surface area contributed by atoms with Crippen LogP contribution in [0.5, 0.6) is 0 Å². The third-order valence-corrected chi connectivity index (χ3v) is 4.95. The Balaban J connectivity index is 0.000000188. The molecule has 2 aromatic heterocycles. The Morgan fingerprint density at radius 2 is 1.69 bits per heavy atom. The van der Waals surface area contributed by atoms with Gasteiger partial charge in [0.15, 0.2) is 5.71 Å². The van der Waals surface area contributed by atoms with Crippen LogP contribution in [0.3, 0.4) is 0 Å². The molecule has 0 saturated heterocycles. The molecule has 2 N–H and O–H groups in total. The van der Waals surface area contributed by atoms with Crippen LogP contribution in [-0.2, 0) is 6.54 Å². The van der Waals surface area contributed by atoms with Crippen molar-refractivity contribution >= 4 is 22.7 Å². The number of aryl methyl sites for hydroxylation is 2. The van der Waals surface area contributed by atoms with Gasteiger partial charge in [-0.15, -0.1) is 0 Å². The van der Waals surface area contributed by atoms with E-state index in [1.54, 1.807) is 6.07 Å². The summed E-state index contributed by atoms with van der Waals surface area (Å²) in [6.45, 7) is 5.09. The summed E-state index contributed by atoms with van der Waals surface area (Å²) in [5, 5.41) is 28.3. The number of imidazole rings is 1. The largest absolute Gasteiger partial charge is 0.478 e. The van der Waals surface area contributed by atoms with E-state index in [9.17, 15) is 4.79 Å². The normalized spacial score (nSPS) is 10.8. The fraction of sp³-hybridized carbons (Fsp3) is 0.125. The van der Waals surface area contributed by atoms with Gasteiger partial charge in [-0.1, -0.05) is 17.3 Å². The third-order valence-electron chi connectivity index (χ3n) is 4.95. The Labute approximate surface area is 184 Å². The number of hydrogen-bond donors (Lipinski definition) is 2. The highest BCUT2D eigenvalue weighted by atomic mass is 16.4. The van der Waals surface area contributed by atoms with E-state index in [2.05, 4.69) is 45.7 Å². The number of fused-ring (bicyclic) bond motifs is 1. The Bertz CT molecular complexity index is 1300. The fourth-order valence-electron chi connectivity index (χ4n) is 3.04. The first kappa shape index (κ1) is 22.2. The molecular formula is C24H21N5O3. The lowest BCUT2D eigenvalue weighted by molar-refractivity contribution is 0.0697. The summed E-state index contributed by atoms with van der Waals surface area (Å²) in [5.74, 6) is -1.05. The van der Waals surface area contributed by atoms with Gasteiger partial charge >= 0.3 is 5.97 Å². The number of rotatable bonds is 4. The minimum absolute atomic E-state index is 0.115. The zero-order valence-electron chi connectivity index (χ0n) is 17.6. The molecule has 0 saturated carbocycles. The fourth-order valence-corrected chi connectivity index (χ4v) is 3.04. The lowest BCUT2D eigenvalue weighted by atomic mass is 10.1. The van der Waals surface area contributed by atoms with Crippen molar-refractivity contribution in [3.8, 4) is 6.07 Å². The topological polar surface area (TPSA) is 124 Å². The molecule has 2 aromatic carbocycles. The van der Waals surface area contributed by atoms with Crippen LogP contribution in [0.25, 0.3) is 11.0 Å².